The molecule has 0 bridgehead atoms. The number of hydrogen-bond acceptors (Lipinski definition) is 2. The number of allylic oxidation sites excluding steroid dienone is 4. The number of likely N-dealkylation sites (N-methyl/N-ethyl adjacent to an activating group) is 1. The van der Waals surface area contributed by atoms with Crippen LogP contribution in [0.4, 0.5) is 0 Å². The van der Waals surface area contributed by atoms with Gasteiger partial charge < -0.3 is 10.6 Å². The number of carbonyl (C=O) groups excluding carboxylic acids is 1. The van der Waals surface area contributed by atoms with Crippen LogP contribution in [0.25, 0.3) is 0 Å². The van der Waals surface area contributed by atoms with Crippen molar-refractivity contribution in [3.8, 4) is 0 Å². The lowest BCUT2D eigenvalue weighted by molar-refractivity contribution is -0.132. The Morgan fingerprint density at radius 3 is 2.67 bits per heavy atom. The fraction of sp³-hybridized carbons (Fsp3) is 0.389. The van der Waals surface area contributed by atoms with Gasteiger partial charge in [-0.2, -0.15) is 0 Å². The molecule has 21 heavy (non-hydrogen) atoms. The zero-order valence-electron chi connectivity index (χ0n) is 12.8. The maximum Gasteiger partial charge on any atom is 0.239 e. The number of hydrogen-bond donors (Lipinski definition) is 1. The minimum atomic E-state index is -0.458. The molecule has 2 atom stereocenters. The van der Waals surface area contributed by atoms with E-state index in [4.69, 9.17) is 5.73 Å². The largest absolute Gasteiger partial charge is 0.340 e. The van der Waals surface area contributed by atoms with Crippen molar-refractivity contribution in [3.05, 3.63) is 60.2 Å². The van der Waals surface area contributed by atoms with Gasteiger partial charge in [0.2, 0.25) is 5.91 Å². The van der Waals surface area contributed by atoms with Crippen LogP contribution in [0.3, 0.4) is 0 Å². The number of carbonyl (C=O) groups is 1. The highest BCUT2D eigenvalue weighted by Gasteiger charge is 2.28. The third-order valence-corrected chi connectivity index (χ3v) is 3.97. The van der Waals surface area contributed by atoms with Crippen molar-refractivity contribution in [2.45, 2.75) is 32.4 Å². The highest BCUT2D eigenvalue weighted by molar-refractivity contribution is 5.81. The van der Waals surface area contributed by atoms with E-state index in [1.54, 1.807) is 4.90 Å². The fourth-order valence-electron chi connectivity index (χ4n) is 2.73. The minimum Gasteiger partial charge on any atom is -0.340 e. The molecule has 1 aromatic rings. The van der Waals surface area contributed by atoms with Crippen LogP contribution in [0.1, 0.15) is 25.3 Å². The fourth-order valence-corrected chi connectivity index (χ4v) is 2.73. The predicted molar refractivity (Wildman–Crippen MR) is 86.5 cm³/mol. The van der Waals surface area contributed by atoms with Crippen LogP contribution in [-0.2, 0) is 11.3 Å². The highest BCUT2D eigenvalue weighted by Crippen LogP contribution is 2.32. The van der Waals surface area contributed by atoms with Crippen molar-refractivity contribution in [1.82, 2.24) is 4.90 Å². The summed E-state index contributed by atoms with van der Waals surface area (Å²) in [7, 11) is 1.81. The lowest BCUT2D eigenvalue weighted by atomic mass is 9.78. The summed E-state index contributed by atoms with van der Waals surface area (Å²) < 4.78 is 0. The number of benzene rings is 1. The van der Waals surface area contributed by atoms with E-state index in [9.17, 15) is 4.79 Å². The Labute approximate surface area is 127 Å². The Morgan fingerprint density at radius 1 is 1.33 bits per heavy atom. The topological polar surface area (TPSA) is 46.3 Å². The van der Waals surface area contributed by atoms with Crippen LogP contribution in [0.15, 0.2) is 54.6 Å². The van der Waals surface area contributed by atoms with E-state index in [0.717, 1.165) is 12.0 Å². The van der Waals surface area contributed by atoms with Gasteiger partial charge in [0.15, 0.2) is 0 Å². The molecule has 0 aromatic heterocycles. The van der Waals surface area contributed by atoms with Gasteiger partial charge in [0.1, 0.15) is 0 Å². The van der Waals surface area contributed by atoms with Gasteiger partial charge in [-0.3, -0.25) is 4.79 Å². The summed E-state index contributed by atoms with van der Waals surface area (Å²) in [6, 6.07) is 9.51. The number of rotatable bonds is 5. The maximum atomic E-state index is 12.4. The maximum absolute atomic E-state index is 12.4. The lowest BCUT2D eigenvalue weighted by Gasteiger charge is -2.30. The van der Waals surface area contributed by atoms with Crippen molar-refractivity contribution in [3.63, 3.8) is 0 Å². The summed E-state index contributed by atoms with van der Waals surface area (Å²) in [5.74, 6) is 0.00281. The quantitative estimate of drug-likeness (QED) is 0.903. The van der Waals surface area contributed by atoms with Gasteiger partial charge in [0.05, 0.1) is 6.04 Å². The Kier molecular flexibility index (Phi) is 4.97. The second-order valence-electron chi connectivity index (χ2n) is 6.14. The molecule has 0 fully saturated rings. The molecule has 0 radical (unpaired) electrons. The molecular formula is C18H24N2O. The van der Waals surface area contributed by atoms with E-state index >= 15 is 0 Å². The van der Waals surface area contributed by atoms with Gasteiger partial charge in [-0.1, -0.05) is 61.6 Å². The molecular weight excluding hydrogens is 260 g/mol. The molecule has 1 aliphatic carbocycles. The zero-order valence-corrected chi connectivity index (χ0v) is 12.8. The molecule has 0 saturated carbocycles. The molecule has 1 amide bonds. The van der Waals surface area contributed by atoms with Crippen molar-refractivity contribution in [1.29, 1.82) is 0 Å². The summed E-state index contributed by atoms with van der Waals surface area (Å²) in [6.07, 6.45) is 9.96. The summed E-state index contributed by atoms with van der Waals surface area (Å²) in [4.78, 5) is 14.1. The molecule has 0 heterocycles. The van der Waals surface area contributed by atoms with Gasteiger partial charge in [0.25, 0.3) is 0 Å². The van der Waals surface area contributed by atoms with E-state index in [-0.39, 0.29) is 11.3 Å². The van der Waals surface area contributed by atoms with Crippen LogP contribution >= 0.6 is 0 Å². The van der Waals surface area contributed by atoms with E-state index in [0.29, 0.717) is 13.0 Å². The molecule has 3 heteroatoms. The first kappa shape index (κ1) is 15.5. The summed E-state index contributed by atoms with van der Waals surface area (Å²) in [6.45, 7) is 2.75. The predicted octanol–water partition coefficient (Wildman–Crippen LogP) is 2.88. The lowest BCUT2D eigenvalue weighted by Crippen LogP contribution is -2.44. The first-order valence-electron chi connectivity index (χ1n) is 7.39. The molecule has 0 saturated heterocycles. The molecule has 1 aliphatic rings. The first-order valence-corrected chi connectivity index (χ1v) is 7.39. The van der Waals surface area contributed by atoms with E-state index in [2.05, 4.69) is 19.1 Å². The average molecular weight is 284 g/mol. The standard InChI is InChI=1S/C18H24N2O/c1-18(11-7-4-8-12-18)13-16(19)17(21)20(2)14-15-9-5-3-6-10-15/h3-11,16H,12-14,19H2,1-2H3/t16-,18?/m0/s1. The summed E-state index contributed by atoms with van der Waals surface area (Å²) >= 11 is 0. The Bertz CT molecular complexity index is 535. The first-order chi connectivity index (χ1) is 10.0. The average Bonchev–Trinajstić information content (AvgIpc) is 2.47. The second kappa shape index (κ2) is 6.72. The van der Waals surface area contributed by atoms with Crippen LogP contribution in [0, 0.1) is 5.41 Å². The van der Waals surface area contributed by atoms with Crippen molar-refractivity contribution in [2.75, 3.05) is 7.05 Å². The molecule has 1 aromatic carbocycles. The molecule has 2 N–H and O–H groups in total. The minimum absolute atomic E-state index is 0.00281. The van der Waals surface area contributed by atoms with Gasteiger partial charge >= 0.3 is 0 Å². The van der Waals surface area contributed by atoms with Gasteiger partial charge in [-0.15, -0.1) is 0 Å². The molecule has 1 unspecified atom stereocenters. The molecule has 0 aliphatic heterocycles. The van der Waals surface area contributed by atoms with Crippen LogP contribution < -0.4 is 5.73 Å². The Morgan fingerprint density at radius 2 is 2.05 bits per heavy atom. The van der Waals surface area contributed by atoms with E-state index < -0.39 is 6.04 Å². The van der Waals surface area contributed by atoms with Crippen LogP contribution in [-0.4, -0.2) is 23.9 Å². The van der Waals surface area contributed by atoms with Gasteiger partial charge in [0, 0.05) is 13.6 Å². The number of nitrogens with two attached hydrogens (primary N) is 1. The zero-order chi connectivity index (χ0) is 15.3. The SMILES string of the molecule is CN(Cc1ccccc1)C(=O)[C@@H](N)CC1(C)C=CC=CC1. The number of amides is 1. The third kappa shape index (κ3) is 4.30. The molecule has 0 spiro atoms. The molecule has 3 nitrogen and oxygen atoms in total. The molecule has 2 rings (SSSR count). The monoisotopic (exact) mass is 284 g/mol. The van der Waals surface area contributed by atoms with Crippen molar-refractivity contribution >= 4 is 5.91 Å². The van der Waals surface area contributed by atoms with E-state index in [1.807, 2.05) is 49.5 Å². The summed E-state index contributed by atoms with van der Waals surface area (Å²) in [5, 5.41) is 0. The van der Waals surface area contributed by atoms with Crippen LogP contribution in [0.5, 0.6) is 0 Å². The second-order valence-corrected chi connectivity index (χ2v) is 6.14. The summed E-state index contributed by atoms with van der Waals surface area (Å²) in [5.41, 5.74) is 7.24. The molecule has 112 valence electrons. The van der Waals surface area contributed by atoms with Crippen molar-refractivity contribution in [2.24, 2.45) is 11.1 Å². The smallest absolute Gasteiger partial charge is 0.239 e. The van der Waals surface area contributed by atoms with Gasteiger partial charge in [-0.25, -0.2) is 0 Å². The number of nitrogens with zero attached hydrogens (tertiary/aromatic N) is 1. The third-order valence-electron chi connectivity index (χ3n) is 3.97. The highest BCUT2D eigenvalue weighted by atomic mass is 16.2. The van der Waals surface area contributed by atoms with Gasteiger partial charge in [-0.05, 0) is 23.8 Å². The van der Waals surface area contributed by atoms with E-state index in [1.165, 1.54) is 0 Å². The Balaban J connectivity index is 1.92. The van der Waals surface area contributed by atoms with Crippen molar-refractivity contribution < 1.29 is 4.79 Å². The Hall–Kier alpha value is -1.87. The van der Waals surface area contributed by atoms with Crippen LogP contribution in [0.2, 0.25) is 0 Å². The normalized spacial score (nSPS) is 22.0.